The molecular formula is C10H6Cl2N2O2. The Kier molecular flexibility index (Phi) is 2.85. The summed E-state index contributed by atoms with van der Waals surface area (Å²) in [5, 5.41) is 13.3. The van der Waals surface area contributed by atoms with Gasteiger partial charge in [-0.1, -0.05) is 29.3 Å². The number of nitrogens with zero attached hydrogens (tertiary/aromatic N) is 2. The molecule has 0 spiro atoms. The van der Waals surface area contributed by atoms with E-state index in [9.17, 15) is 4.79 Å². The lowest BCUT2D eigenvalue weighted by Crippen LogP contribution is -2.01. The highest BCUT2D eigenvalue weighted by Gasteiger charge is 2.11. The van der Waals surface area contributed by atoms with Crippen LogP contribution in [0.4, 0.5) is 0 Å². The monoisotopic (exact) mass is 256 g/mol. The molecule has 0 aliphatic carbocycles. The Hall–Kier alpha value is -1.52. The molecule has 2 aromatic rings. The maximum Gasteiger partial charge on any atom is 0.356 e. The number of halogens is 2. The van der Waals surface area contributed by atoms with Crippen molar-refractivity contribution in [2.45, 2.75) is 0 Å². The second-order valence-electron chi connectivity index (χ2n) is 3.02. The third-order valence-electron chi connectivity index (χ3n) is 1.99. The van der Waals surface area contributed by atoms with Crippen LogP contribution < -0.4 is 0 Å². The zero-order valence-corrected chi connectivity index (χ0v) is 9.40. The van der Waals surface area contributed by atoms with Crippen LogP contribution in [0.15, 0.2) is 30.5 Å². The number of carboxylic acid groups (broad SMARTS) is 1. The van der Waals surface area contributed by atoms with Crippen molar-refractivity contribution in [3.63, 3.8) is 0 Å². The van der Waals surface area contributed by atoms with Crippen molar-refractivity contribution in [1.29, 1.82) is 0 Å². The zero-order chi connectivity index (χ0) is 11.7. The van der Waals surface area contributed by atoms with Crippen LogP contribution in [0.25, 0.3) is 5.69 Å². The second-order valence-corrected chi connectivity index (χ2v) is 3.81. The molecule has 6 heteroatoms. The highest BCUT2D eigenvalue weighted by molar-refractivity contribution is 6.43. The third-order valence-corrected chi connectivity index (χ3v) is 2.80. The molecule has 4 nitrogen and oxygen atoms in total. The van der Waals surface area contributed by atoms with E-state index in [2.05, 4.69) is 5.10 Å². The van der Waals surface area contributed by atoms with Gasteiger partial charge in [-0.25, -0.2) is 9.48 Å². The molecule has 2 rings (SSSR count). The van der Waals surface area contributed by atoms with Crippen molar-refractivity contribution in [1.82, 2.24) is 9.78 Å². The number of aromatic carboxylic acids is 1. The first kappa shape index (κ1) is 11.0. The first-order chi connectivity index (χ1) is 7.59. The van der Waals surface area contributed by atoms with Crippen molar-refractivity contribution in [3.8, 4) is 5.69 Å². The number of hydrogen-bond acceptors (Lipinski definition) is 2. The van der Waals surface area contributed by atoms with E-state index < -0.39 is 5.97 Å². The summed E-state index contributed by atoms with van der Waals surface area (Å²) in [5.74, 6) is -1.09. The average Bonchev–Trinajstić information content (AvgIpc) is 2.71. The summed E-state index contributed by atoms with van der Waals surface area (Å²) in [6.07, 6.45) is 1.51. The molecule has 0 aliphatic heterocycles. The van der Waals surface area contributed by atoms with Gasteiger partial charge >= 0.3 is 5.97 Å². The molecule has 0 saturated heterocycles. The maximum absolute atomic E-state index is 10.7. The number of rotatable bonds is 2. The SMILES string of the molecule is O=C(O)c1ccn(-c2cccc(Cl)c2Cl)n1. The van der Waals surface area contributed by atoms with E-state index in [1.54, 1.807) is 18.2 Å². The lowest BCUT2D eigenvalue weighted by Gasteiger charge is -2.04. The minimum atomic E-state index is -1.09. The minimum Gasteiger partial charge on any atom is -0.476 e. The van der Waals surface area contributed by atoms with Gasteiger partial charge in [0.15, 0.2) is 5.69 Å². The fourth-order valence-corrected chi connectivity index (χ4v) is 1.62. The maximum atomic E-state index is 10.7. The Labute approximate surface area is 101 Å². The largest absolute Gasteiger partial charge is 0.476 e. The van der Waals surface area contributed by atoms with Crippen LogP contribution in [0, 0.1) is 0 Å². The number of carbonyl (C=O) groups is 1. The Morgan fingerprint density at radius 3 is 2.69 bits per heavy atom. The van der Waals surface area contributed by atoms with Crippen molar-refractivity contribution < 1.29 is 9.90 Å². The fourth-order valence-electron chi connectivity index (χ4n) is 1.24. The second kappa shape index (κ2) is 4.15. The average molecular weight is 257 g/mol. The molecule has 0 amide bonds. The molecule has 0 saturated carbocycles. The molecular weight excluding hydrogens is 251 g/mol. The van der Waals surface area contributed by atoms with E-state index in [0.29, 0.717) is 15.7 Å². The van der Waals surface area contributed by atoms with Crippen LogP contribution in [-0.2, 0) is 0 Å². The summed E-state index contributed by atoms with van der Waals surface area (Å²) in [7, 11) is 0. The van der Waals surface area contributed by atoms with Crippen LogP contribution in [0.1, 0.15) is 10.5 Å². The van der Waals surface area contributed by atoms with E-state index in [-0.39, 0.29) is 5.69 Å². The van der Waals surface area contributed by atoms with Crippen LogP contribution in [-0.4, -0.2) is 20.9 Å². The molecule has 0 unspecified atom stereocenters. The normalized spacial score (nSPS) is 10.4. The molecule has 1 heterocycles. The van der Waals surface area contributed by atoms with Gasteiger partial charge in [-0.15, -0.1) is 0 Å². The van der Waals surface area contributed by atoms with E-state index in [1.807, 2.05) is 0 Å². The summed E-state index contributed by atoms with van der Waals surface area (Å²) in [4.78, 5) is 10.7. The number of benzene rings is 1. The summed E-state index contributed by atoms with van der Waals surface area (Å²) in [6.45, 7) is 0. The van der Waals surface area contributed by atoms with Gasteiger partial charge in [-0.2, -0.15) is 5.10 Å². The molecule has 16 heavy (non-hydrogen) atoms. The molecule has 0 bridgehead atoms. The summed E-state index contributed by atoms with van der Waals surface area (Å²) >= 11 is 11.8. The number of carboxylic acids is 1. The quantitative estimate of drug-likeness (QED) is 0.899. The first-order valence-electron chi connectivity index (χ1n) is 4.33. The van der Waals surface area contributed by atoms with Crippen LogP contribution in [0.2, 0.25) is 10.0 Å². The van der Waals surface area contributed by atoms with E-state index in [1.165, 1.54) is 16.9 Å². The van der Waals surface area contributed by atoms with Gasteiger partial charge in [0.05, 0.1) is 15.7 Å². The van der Waals surface area contributed by atoms with E-state index >= 15 is 0 Å². The van der Waals surface area contributed by atoms with Gasteiger partial charge in [0.2, 0.25) is 0 Å². The van der Waals surface area contributed by atoms with E-state index in [4.69, 9.17) is 28.3 Å². The summed E-state index contributed by atoms with van der Waals surface area (Å²) in [6, 6.07) is 6.45. The van der Waals surface area contributed by atoms with Gasteiger partial charge in [0.25, 0.3) is 0 Å². The molecule has 0 aliphatic rings. The lowest BCUT2D eigenvalue weighted by atomic mass is 10.3. The first-order valence-corrected chi connectivity index (χ1v) is 5.08. The van der Waals surface area contributed by atoms with Crippen LogP contribution in [0.3, 0.4) is 0 Å². The van der Waals surface area contributed by atoms with Gasteiger partial charge < -0.3 is 5.11 Å². The lowest BCUT2D eigenvalue weighted by molar-refractivity contribution is 0.0690. The molecule has 0 fully saturated rings. The fraction of sp³-hybridized carbons (Fsp3) is 0. The molecule has 1 N–H and O–H groups in total. The molecule has 0 atom stereocenters. The molecule has 1 aromatic carbocycles. The highest BCUT2D eigenvalue weighted by Crippen LogP contribution is 2.27. The van der Waals surface area contributed by atoms with Crippen LogP contribution in [0.5, 0.6) is 0 Å². The Balaban J connectivity index is 2.50. The summed E-state index contributed by atoms with van der Waals surface area (Å²) in [5.41, 5.74) is 0.498. The zero-order valence-electron chi connectivity index (χ0n) is 7.89. The Morgan fingerprint density at radius 2 is 2.06 bits per heavy atom. The third kappa shape index (κ3) is 1.89. The van der Waals surface area contributed by atoms with Crippen molar-refractivity contribution in [3.05, 3.63) is 46.2 Å². The van der Waals surface area contributed by atoms with Crippen molar-refractivity contribution in [2.24, 2.45) is 0 Å². The standard InChI is InChI=1S/C10H6Cl2N2O2/c11-6-2-1-3-8(9(6)12)14-5-4-7(13-14)10(15)16/h1-5H,(H,15,16). The Bertz CT molecular complexity index is 552. The van der Waals surface area contributed by atoms with Crippen molar-refractivity contribution >= 4 is 29.2 Å². The van der Waals surface area contributed by atoms with Crippen LogP contribution >= 0.6 is 23.2 Å². The highest BCUT2D eigenvalue weighted by atomic mass is 35.5. The number of aromatic nitrogens is 2. The molecule has 1 aromatic heterocycles. The topological polar surface area (TPSA) is 55.1 Å². The minimum absolute atomic E-state index is 0.0453. The van der Waals surface area contributed by atoms with Crippen molar-refractivity contribution in [2.75, 3.05) is 0 Å². The molecule has 82 valence electrons. The molecule has 0 radical (unpaired) electrons. The Morgan fingerprint density at radius 1 is 1.31 bits per heavy atom. The van der Waals surface area contributed by atoms with Gasteiger partial charge in [0.1, 0.15) is 0 Å². The predicted octanol–water partition coefficient (Wildman–Crippen LogP) is 2.88. The summed E-state index contributed by atoms with van der Waals surface area (Å²) < 4.78 is 1.37. The predicted molar refractivity (Wildman–Crippen MR) is 60.5 cm³/mol. The smallest absolute Gasteiger partial charge is 0.356 e. The van der Waals surface area contributed by atoms with Gasteiger partial charge in [-0.3, -0.25) is 0 Å². The van der Waals surface area contributed by atoms with E-state index in [0.717, 1.165) is 0 Å². The number of hydrogen-bond donors (Lipinski definition) is 1. The van der Waals surface area contributed by atoms with Gasteiger partial charge in [0, 0.05) is 6.20 Å². The van der Waals surface area contributed by atoms with Gasteiger partial charge in [-0.05, 0) is 18.2 Å².